The lowest BCUT2D eigenvalue weighted by Gasteiger charge is -2.09. The van der Waals surface area contributed by atoms with Gasteiger partial charge in [-0.25, -0.2) is 0 Å². The molecule has 4 nitrogen and oxygen atoms in total. The molecule has 2 rings (SSSR count). The Hall–Kier alpha value is -2.28. The molecule has 98 valence electrons. The van der Waals surface area contributed by atoms with Crippen molar-refractivity contribution < 1.29 is 4.79 Å². The van der Waals surface area contributed by atoms with Crippen LogP contribution in [0.4, 0.5) is 0 Å². The van der Waals surface area contributed by atoms with E-state index in [0.717, 1.165) is 10.9 Å². The molecule has 1 amide bonds. The summed E-state index contributed by atoms with van der Waals surface area (Å²) in [6.45, 7) is 5.13. The molecule has 1 aromatic heterocycles. The second-order valence-corrected chi connectivity index (χ2v) is 5.03. The molecular formula is C15H17N3O. The molecule has 0 saturated heterocycles. The molecule has 1 aromatic carbocycles. The Balaban J connectivity index is 2.13. The highest BCUT2D eigenvalue weighted by molar-refractivity contribution is 5.84. The van der Waals surface area contributed by atoms with E-state index >= 15 is 0 Å². The van der Waals surface area contributed by atoms with Crippen LogP contribution in [0.25, 0.3) is 10.9 Å². The third-order valence-electron chi connectivity index (χ3n) is 2.92. The molecule has 19 heavy (non-hydrogen) atoms. The molecule has 0 radical (unpaired) electrons. The maximum absolute atomic E-state index is 11.8. The van der Waals surface area contributed by atoms with Gasteiger partial charge in [0.15, 0.2) is 0 Å². The molecule has 0 bridgehead atoms. The Morgan fingerprint density at radius 2 is 2.21 bits per heavy atom. The summed E-state index contributed by atoms with van der Waals surface area (Å²) in [6, 6.07) is 9.51. The minimum Gasteiger partial charge on any atom is -0.354 e. The molecule has 0 atom stereocenters. The summed E-state index contributed by atoms with van der Waals surface area (Å²) in [5.41, 5.74) is 1.60. The van der Waals surface area contributed by atoms with Gasteiger partial charge in [0.2, 0.25) is 5.91 Å². The lowest BCUT2D eigenvalue weighted by molar-refractivity contribution is -0.121. The Bertz CT molecular complexity index is 634. The SMILES string of the molecule is CC(C)CNC(=O)Cn1ccc2cc(C#N)ccc21. The van der Waals surface area contributed by atoms with Crippen LogP contribution in [-0.2, 0) is 11.3 Å². The van der Waals surface area contributed by atoms with E-state index in [4.69, 9.17) is 5.26 Å². The van der Waals surface area contributed by atoms with Crippen molar-refractivity contribution in [3.05, 3.63) is 36.0 Å². The second kappa shape index (κ2) is 5.57. The molecule has 0 saturated carbocycles. The number of nitrogens with zero attached hydrogens (tertiary/aromatic N) is 2. The number of benzene rings is 1. The molecule has 4 heteroatoms. The van der Waals surface area contributed by atoms with Crippen LogP contribution in [0.5, 0.6) is 0 Å². The summed E-state index contributed by atoms with van der Waals surface area (Å²) in [7, 11) is 0. The van der Waals surface area contributed by atoms with Gasteiger partial charge in [-0.1, -0.05) is 13.8 Å². The fraction of sp³-hybridized carbons (Fsp3) is 0.333. The van der Waals surface area contributed by atoms with Crippen LogP contribution >= 0.6 is 0 Å². The Labute approximate surface area is 112 Å². The van der Waals surface area contributed by atoms with Crippen molar-refractivity contribution >= 4 is 16.8 Å². The minimum atomic E-state index is 0.00978. The lowest BCUT2D eigenvalue weighted by atomic mass is 10.2. The summed E-state index contributed by atoms with van der Waals surface area (Å²) in [4.78, 5) is 11.8. The van der Waals surface area contributed by atoms with E-state index in [0.29, 0.717) is 24.6 Å². The van der Waals surface area contributed by atoms with Gasteiger partial charge in [0.05, 0.1) is 11.6 Å². The van der Waals surface area contributed by atoms with E-state index in [2.05, 4.69) is 25.2 Å². The Kier molecular flexibility index (Phi) is 3.86. The smallest absolute Gasteiger partial charge is 0.239 e. The number of fused-ring (bicyclic) bond motifs is 1. The van der Waals surface area contributed by atoms with Gasteiger partial charge in [0.25, 0.3) is 0 Å². The van der Waals surface area contributed by atoms with Gasteiger partial charge in [-0.3, -0.25) is 4.79 Å². The maximum atomic E-state index is 11.8. The second-order valence-electron chi connectivity index (χ2n) is 5.03. The molecule has 1 N–H and O–H groups in total. The van der Waals surface area contributed by atoms with Crippen molar-refractivity contribution in [3.63, 3.8) is 0 Å². The molecule has 0 aliphatic heterocycles. The maximum Gasteiger partial charge on any atom is 0.239 e. The van der Waals surface area contributed by atoms with E-state index in [1.54, 1.807) is 6.07 Å². The summed E-state index contributed by atoms with van der Waals surface area (Å²) >= 11 is 0. The first kappa shape index (κ1) is 13.2. The van der Waals surface area contributed by atoms with Crippen molar-refractivity contribution in [1.82, 2.24) is 9.88 Å². The summed E-state index contributed by atoms with van der Waals surface area (Å²) in [6.07, 6.45) is 1.88. The van der Waals surface area contributed by atoms with E-state index in [1.807, 2.05) is 29.0 Å². The minimum absolute atomic E-state index is 0.00978. The highest BCUT2D eigenvalue weighted by Crippen LogP contribution is 2.17. The molecule has 1 heterocycles. The first-order valence-electron chi connectivity index (χ1n) is 6.36. The number of hydrogen-bond donors (Lipinski definition) is 1. The third-order valence-corrected chi connectivity index (χ3v) is 2.92. The van der Waals surface area contributed by atoms with Gasteiger partial charge < -0.3 is 9.88 Å². The number of carbonyl (C=O) groups is 1. The van der Waals surface area contributed by atoms with Crippen LogP contribution in [0.2, 0.25) is 0 Å². The quantitative estimate of drug-likeness (QED) is 0.911. The number of nitrogens with one attached hydrogen (secondary N) is 1. The average Bonchev–Trinajstić information content (AvgIpc) is 2.78. The predicted octanol–water partition coefficient (Wildman–Crippen LogP) is 2.29. The molecular weight excluding hydrogens is 238 g/mol. The van der Waals surface area contributed by atoms with E-state index in [-0.39, 0.29) is 5.91 Å². The largest absolute Gasteiger partial charge is 0.354 e. The van der Waals surface area contributed by atoms with Gasteiger partial charge in [0, 0.05) is 23.6 Å². The first-order chi connectivity index (χ1) is 9.10. The zero-order valence-corrected chi connectivity index (χ0v) is 11.2. The Morgan fingerprint density at radius 3 is 2.89 bits per heavy atom. The molecule has 0 aliphatic rings. The number of nitriles is 1. The molecule has 0 spiro atoms. The van der Waals surface area contributed by atoms with Crippen LogP contribution in [0.3, 0.4) is 0 Å². The molecule has 0 unspecified atom stereocenters. The average molecular weight is 255 g/mol. The predicted molar refractivity (Wildman–Crippen MR) is 74.5 cm³/mol. The summed E-state index contributed by atoms with van der Waals surface area (Å²) in [5.74, 6) is 0.458. The van der Waals surface area contributed by atoms with Crippen molar-refractivity contribution in [2.75, 3.05) is 6.54 Å². The van der Waals surface area contributed by atoms with Crippen LogP contribution in [0, 0.1) is 17.2 Å². The van der Waals surface area contributed by atoms with Crippen molar-refractivity contribution in [3.8, 4) is 6.07 Å². The highest BCUT2D eigenvalue weighted by atomic mass is 16.1. The highest BCUT2D eigenvalue weighted by Gasteiger charge is 2.07. The summed E-state index contributed by atoms with van der Waals surface area (Å²) < 4.78 is 1.89. The fourth-order valence-corrected chi connectivity index (χ4v) is 1.94. The third kappa shape index (κ3) is 3.14. The lowest BCUT2D eigenvalue weighted by Crippen LogP contribution is -2.30. The first-order valence-corrected chi connectivity index (χ1v) is 6.36. The number of amides is 1. The van der Waals surface area contributed by atoms with Crippen LogP contribution in [0.1, 0.15) is 19.4 Å². The fourth-order valence-electron chi connectivity index (χ4n) is 1.94. The van der Waals surface area contributed by atoms with Crippen molar-refractivity contribution in [2.24, 2.45) is 5.92 Å². The standard InChI is InChI=1S/C15H17N3O/c1-11(2)9-17-15(19)10-18-6-5-13-7-12(8-16)3-4-14(13)18/h3-7,11H,9-10H2,1-2H3,(H,17,19). The van der Waals surface area contributed by atoms with Crippen LogP contribution in [-0.4, -0.2) is 17.0 Å². The van der Waals surface area contributed by atoms with Crippen LogP contribution in [0.15, 0.2) is 30.5 Å². The molecule has 2 aromatic rings. The van der Waals surface area contributed by atoms with E-state index in [1.165, 1.54) is 0 Å². The normalized spacial score (nSPS) is 10.6. The van der Waals surface area contributed by atoms with Gasteiger partial charge in [-0.15, -0.1) is 0 Å². The van der Waals surface area contributed by atoms with Gasteiger partial charge in [-0.2, -0.15) is 5.26 Å². The van der Waals surface area contributed by atoms with E-state index < -0.39 is 0 Å². The van der Waals surface area contributed by atoms with Gasteiger partial charge in [-0.05, 0) is 30.2 Å². The van der Waals surface area contributed by atoms with Gasteiger partial charge >= 0.3 is 0 Å². The number of rotatable bonds is 4. The molecule has 0 fully saturated rings. The molecule has 0 aliphatic carbocycles. The number of aromatic nitrogens is 1. The number of hydrogen-bond acceptors (Lipinski definition) is 2. The number of carbonyl (C=O) groups excluding carboxylic acids is 1. The van der Waals surface area contributed by atoms with Crippen LogP contribution < -0.4 is 5.32 Å². The van der Waals surface area contributed by atoms with E-state index in [9.17, 15) is 4.79 Å². The topological polar surface area (TPSA) is 57.8 Å². The van der Waals surface area contributed by atoms with Crippen molar-refractivity contribution in [1.29, 1.82) is 5.26 Å². The van der Waals surface area contributed by atoms with Crippen molar-refractivity contribution in [2.45, 2.75) is 20.4 Å². The zero-order chi connectivity index (χ0) is 13.8. The summed E-state index contributed by atoms with van der Waals surface area (Å²) in [5, 5.41) is 12.7. The Morgan fingerprint density at radius 1 is 1.42 bits per heavy atom. The van der Waals surface area contributed by atoms with Gasteiger partial charge in [0.1, 0.15) is 6.54 Å². The zero-order valence-electron chi connectivity index (χ0n) is 11.2. The monoisotopic (exact) mass is 255 g/mol.